The van der Waals surface area contributed by atoms with Crippen LogP contribution in [-0.2, 0) is 23.9 Å². The molecule has 0 radical (unpaired) electrons. The zero-order chi connectivity index (χ0) is 22.7. The first kappa shape index (κ1) is 22.5. The molecule has 1 aromatic rings. The SMILES string of the molecule is CCOC(=O)C1CCN(C(=O)[C@@H](C)OC(=O)[C@@H](C)N2C(=O)c3ccccc3C2=O)CC1. The van der Waals surface area contributed by atoms with Gasteiger partial charge in [-0.25, -0.2) is 4.79 Å². The normalized spacial score (nSPS) is 18.4. The van der Waals surface area contributed by atoms with Crippen molar-refractivity contribution in [3.05, 3.63) is 35.4 Å². The number of benzene rings is 1. The van der Waals surface area contributed by atoms with Crippen LogP contribution in [0.1, 0.15) is 54.3 Å². The second kappa shape index (κ2) is 9.28. The van der Waals surface area contributed by atoms with Crippen LogP contribution in [0.5, 0.6) is 0 Å². The second-order valence-corrected chi connectivity index (χ2v) is 7.63. The maximum absolute atomic E-state index is 12.7. The van der Waals surface area contributed by atoms with Gasteiger partial charge in [-0.05, 0) is 45.7 Å². The van der Waals surface area contributed by atoms with Gasteiger partial charge in [0.05, 0.1) is 23.7 Å². The lowest BCUT2D eigenvalue weighted by Gasteiger charge is -2.32. The Kier molecular flexibility index (Phi) is 6.72. The zero-order valence-electron chi connectivity index (χ0n) is 17.8. The molecule has 0 N–H and O–H groups in total. The quantitative estimate of drug-likeness (QED) is 0.496. The minimum atomic E-state index is -1.17. The molecule has 31 heavy (non-hydrogen) atoms. The number of fused-ring (bicyclic) bond motifs is 1. The second-order valence-electron chi connectivity index (χ2n) is 7.63. The molecule has 2 atom stereocenters. The molecule has 1 aromatic carbocycles. The molecule has 9 heteroatoms. The number of carbonyl (C=O) groups excluding carboxylic acids is 5. The lowest BCUT2D eigenvalue weighted by atomic mass is 9.97. The summed E-state index contributed by atoms with van der Waals surface area (Å²) in [7, 11) is 0. The molecule has 0 saturated carbocycles. The number of amides is 3. The van der Waals surface area contributed by atoms with Gasteiger partial charge in [-0.3, -0.25) is 24.1 Å². The summed E-state index contributed by atoms with van der Waals surface area (Å²) in [6, 6.07) is 5.17. The predicted molar refractivity (Wildman–Crippen MR) is 108 cm³/mol. The summed E-state index contributed by atoms with van der Waals surface area (Å²) in [6.07, 6.45) is -0.114. The summed E-state index contributed by atoms with van der Waals surface area (Å²) in [6.45, 7) is 5.63. The van der Waals surface area contributed by atoms with Crippen LogP contribution >= 0.6 is 0 Å². The van der Waals surface area contributed by atoms with E-state index < -0.39 is 29.9 Å². The van der Waals surface area contributed by atoms with E-state index in [9.17, 15) is 24.0 Å². The molecule has 1 saturated heterocycles. The highest BCUT2D eigenvalue weighted by atomic mass is 16.6. The van der Waals surface area contributed by atoms with Crippen LogP contribution in [-0.4, -0.2) is 71.3 Å². The third-order valence-corrected chi connectivity index (χ3v) is 5.62. The maximum atomic E-state index is 12.7. The van der Waals surface area contributed by atoms with Crippen molar-refractivity contribution in [3.8, 4) is 0 Å². The van der Waals surface area contributed by atoms with Crippen molar-refractivity contribution in [2.45, 2.75) is 45.8 Å². The molecule has 1 fully saturated rings. The number of carbonyl (C=O) groups is 5. The highest BCUT2D eigenvalue weighted by Crippen LogP contribution is 2.25. The molecule has 2 aliphatic rings. The fraction of sp³-hybridized carbons (Fsp3) is 0.500. The first-order valence-corrected chi connectivity index (χ1v) is 10.4. The van der Waals surface area contributed by atoms with E-state index >= 15 is 0 Å². The standard InChI is InChI=1S/C22H26N2O7/c1-4-30-22(29)15-9-11-23(12-10-15)18(25)14(3)31-21(28)13(2)24-19(26)16-7-5-6-8-17(16)20(24)27/h5-8,13-15H,4,9-12H2,1-3H3/t13-,14-/m1/s1. The molecule has 166 valence electrons. The average Bonchev–Trinajstić information content (AvgIpc) is 3.03. The number of imide groups is 1. The Hall–Kier alpha value is -3.23. The molecular formula is C22H26N2O7. The van der Waals surface area contributed by atoms with Gasteiger partial charge in [0.2, 0.25) is 0 Å². The molecule has 0 unspecified atom stereocenters. The Morgan fingerprint density at radius 2 is 1.58 bits per heavy atom. The number of ether oxygens (including phenoxy) is 2. The Morgan fingerprint density at radius 3 is 2.10 bits per heavy atom. The van der Waals surface area contributed by atoms with Crippen molar-refractivity contribution in [1.29, 1.82) is 0 Å². The number of hydrogen-bond acceptors (Lipinski definition) is 7. The first-order valence-electron chi connectivity index (χ1n) is 10.4. The number of rotatable bonds is 6. The van der Waals surface area contributed by atoms with Crippen molar-refractivity contribution in [2.24, 2.45) is 5.92 Å². The van der Waals surface area contributed by atoms with Crippen LogP contribution in [0.3, 0.4) is 0 Å². The number of esters is 2. The summed E-state index contributed by atoms with van der Waals surface area (Å²) >= 11 is 0. The Morgan fingerprint density at radius 1 is 1.03 bits per heavy atom. The minimum Gasteiger partial charge on any atom is -0.466 e. The van der Waals surface area contributed by atoms with Crippen molar-refractivity contribution < 1.29 is 33.4 Å². The number of piperidine rings is 1. The van der Waals surface area contributed by atoms with Crippen LogP contribution in [0.4, 0.5) is 0 Å². The Bertz CT molecular complexity index is 870. The summed E-state index contributed by atoms with van der Waals surface area (Å²) < 4.78 is 10.3. The lowest BCUT2D eigenvalue weighted by Crippen LogP contribution is -2.48. The van der Waals surface area contributed by atoms with Gasteiger partial charge in [-0.15, -0.1) is 0 Å². The van der Waals surface area contributed by atoms with Gasteiger partial charge in [0.25, 0.3) is 17.7 Å². The first-order chi connectivity index (χ1) is 14.8. The van der Waals surface area contributed by atoms with E-state index in [1.54, 1.807) is 24.0 Å². The van der Waals surface area contributed by atoms with Crippen LogP contribution in [0.2, 0.25) is 0 Å². The summed E-state index contributed by atoms with van der Waals surface area (Å²) in [5.41, 5.74) is 0.474. The molecule has 3 amide bonds. The smallest absolute Gasteiger partial charge is 0.329 e. The molecule has 2 heterocycles. The van der Waals surface area contributed by atoms with Gasteiger partial charge < -0.3 is 14.4 Å². The fourth-order valence-corrected chi connectivity index (χ4v) is 3.84. The van der Waals surface area contributed by atoms with Gasteiger partial charge in [0, 0.05) is 13.1 Å². The van der Waals surface area contributed by atoms with Crippen LogP contribution in [0, 0.1) is 5.92 Å². The van der Waals surface area contributed by atoms with Gasteiger partial charge >= 0.3 is 11.9 Å². The van der Waals surface area contributed by atoms with Gasteiger partial charge in [0.15, 0.2) is 6.10 Å². The molecule has 9 nitrogen and oxygen atoms in total. The Balaban J connectivity index is 1.56. The third kappa shape index (κ3) is 4.45. The van der Waals surface area contributed by atoms with E-state index in [-0.39, 0.29) is 28.9 Å². The molecule has 0 aromatic heterocycles. The minimum absolute atomic E-state index is 0.237. The van der Waals surface area contributed by atoms with Crippen LogP contribution < -0.4 is 0 Å². The predicted octanol–water partition coefficient (Wildman–Crippen LogP) is 1.40. The van der Waals surface area contributed by atoms with Crippen molar-refractivity contribution in [3.63, 3.8) is 0 Å². The van der Waals surface area contributed by atoms with Crippen molar-refractivity contribution in [2.75, 3.05) is 19.7 Å². The lowest BCUT2D eigenvalue weighted by molar-refractivity contribution is -0.163. The van der Waals surface area contributed by atoms with Crippen LogP contribution in [0.15, 0.2) is 24.3 Å². The van der Waals surface area contributed by atoms with Crippen LogP contribution in [0.25, 0.3) is 0 Å². The number of nitrogens with zero attached hydrogens (tertiary/aromatic N) is 2. The zero-order valence-corrected chi connectivity index (χ0v) is 17.8. The summed E-state index contributed by atoms with van der Waals surface area (Å²) in [5.74, 6) is -2.85. The Labute approximate surface area is 180 Å². The van der Waals surface area contributed by atoms with Gasteiger partial charge in [-0.2, -0.15) is 0 Å². The van der Waals surface area contributed by atoms with E-state index in [4.69, 9.17) is 9.47 Å². The third-order valence-electron chi connectivity index (χ3n) is 5.62. The monoisotopic (exact) mass is 430 g/mol. The summed E-state index contributed by atoms with van der Waals surface area (Å²) in [4.78, 5) is 64.6. The summed E-state index contributed by atoms with van der Waals surface area (Å²) in [5, 5.41) is 0. The maximum Gasteiger partial charge on any atom is 0.329 e. The molecule has 0 spiro atoms. The number of hydrogen-bond donors (Lipinski definition) is 0. The fourth-order valence-electron chi connectivity index (χ4n) is 3.84. The molecule has 0 bridgehead atoms. The van der Waals surface area contributed by atoms with E-state index in [0.717, 1.165) is 4.90 Å². The van der Waals surface area contributed by atoms with Gasteiger partial charge in [-0.1, -0.05) is 12.1 Å². The molecule has 0 aliphatic carbocycles. The number of likely N-dealkylation sites (tertiary alicyclic amines) is 1. The van der Waals surface area contributed by atoms with E-state index in [2.05, 4.69) is 0 Å². The van der Waals surface area contributed by atoms with Crippen molar-refractivity contribution in [1.82, 2.24) is 9.80 Å². The average molecular weight is 430 g/mol. The van der Waals surface area contributed by atoms with E-state index in [0.29, 0.717) is 32.5 Å². The largest absolute Gasteiger partial charge is 0.466 e. The molecule has 3 rings (SSSR count). The highest BCUT2D eigenvalue weighted by molar-refractivity contribution is 6.22. The highest BCUT2D eigenvalue weighted by Gasteiger charge is 2.42. The molecular weight excluding hydrogens is 404 g/mol. The van der Waals surface area contributed by atoms with E-state index in [1.165, 1.54) is 26.0 Å². The topological polar surface area (TPSA) is 110 Å². The molecule has 2 aliphatic heterocycles. The van der Waals surface area contributed by atoms with Crippen molar-refractivity contribution >= 4 is 29.7 Å². The van der Waals surface area contributed by atoms with E-state index in [1.807, 2.05) is 0 Å². The van der Waals surface area contributed by atoms with Gasteiger partial charge in [0.1, 0.15) is 6.04 Å².